The molecule has 2 aromatic heterocycles. The molecule has 2 N–H and O–H groups in total. The number of hydrogen-bond donors (Lipinski definition) is 2. The predicted molar refractivity (Wildman–Crippen MR) is 84.9 cm³/mol. The Morgan fingerprint density at radius 1 is 1.32 bits per heavy atom. The number of likely N-dealkylation sites (tertiary alicyclic amines) is 1. The maximum atomic E-state index is 12.7. The van der Waals surface area contributed by atoms with Gasteiger partial charge in [-0.1, -0.05) is 18.2 Å². The molecule has 1 fully saturated rings. The molecule has 3 aromatic rings. The van der Waals surface area contributed by atoms with Crippen molar-refractivity contribution in [2.75, 3.05) is 13.1 Å². The molecule has 3 heterocycles. The second kappa shape index (κ2) is 5.02. The Morgan fingerprint density at radius 3 is 2.95 bits per heavy atom. The molecule has 4 rings (SSSR count). The lowest BCUT2D eigenvalue weighted by atomic mass is 10.1. The number of rotatable bonds is 2. The fraction of sp³-hybridized carbons (Fsp3) is 0.294. The van der Waals surface area contributed by atoms with E-state index in [2.05, 4.69) is 15.0 Å². The van der Waals surface area contributed by atoms with Crippen molar-refractivity contribution in [1.29, 1.82) is 0 Å². The number of nitrogens with one attached hydrogen (secondary N) is 2. The zero-order valence-electron chi connectivity index (χ0n) is 12.5. The van der Waals surface area contributed by atoms with Crippen LogP contribution in [0.15, 0.2) is 36.5 Å². The number of aromatic nitrogens is 3. The minimum atomic E-state index is 0.0713. The van der Waals surface area contributed by atoms with E-state index in [-0.39, 0.29) is 5.91 Å². The van der Waals surface area contributed by atoms with Crippen molar-refractivity contribution in [3.8, 4) is 0 Å². The molecular formula is C17H18N4O. The summed E-state index contributed by atoms with van der Waals surface area (Å²) in [5, 5.41) is 1.07. The third-order valence-corrected chi connectivity index (χ3v) is 4.35. The number of nitrogens with zero attached hydrogens (tertiary/aromatic N) is 2. The number of hydrogen-bond acceptors (Lipinski definition) is 2. The Hall–Kier alpha value is -2.56. The molecule has 1 atom stereocenters. The summed E-state index contributed by atoms with van der Waals surface area (Å²) < 4.78 is 0. The lowest BCUT2D eigenvalue weighted by Gasteiger charge is -2.15. The van der Waals surface area contributed by atoms with E-state index < -0.39 is 0 Å². The highest BCUT2D eigenvalue weighted by Gasteiger charge is 2.30. The highest BCUT2D eigenvalue weighted by molar-refractivity contribution is 5.98. The van der Waals surface area contributed by atoms with E-state index in [1.807, 2.05) is 48.4 Å². The van der Waals surface area contributed by atoms with E-state index in [1.54, 1.807) is 0 Å². The molecule has 0 unspecified atom stereocenters. The van der Waals surface area contributed by atoms with Crippen LogP contribution < -0.4 is 0 Å². The summed E-state index contributed by atoms with van der Waals surface area (Å²) >= 11 is 0. The highest BCUT2D eigenvalue weighted by Crippen LogP contribution is 2.26. The molecule has 5 heteroatoms. The maximum Gasteiger partial charge on any atom is 0.270 e. The van der Waals surface area contributed by atoms with Gasteiger partial charge in [-0.25, -0.2) is 4.98 Å². The molecule has 5 nitrogen and oxygen atoms in total. The van der Waals surface area contributed by atoms with Crippen molar-refractivity contribution >= 4 is 16.8 Å². The average molecular weight is 294 g/mol. The van der Waals surface area contributed by atoms with E-state index in [4.69, 9.17) is 0 Å². The van der Waals surface area contributed by atoms with Crippen LogP contribution in [0.2, 0.25) is 0 Å². The maximum absolute atomic E-state index is 12.7. The van der Waals surface area contributed by atoms with Crippen LogP contribution in [0.4, 0.5) is 0 Å². The van der Waals surface area contributed by atoms with Gasteiger partial charge in [-0.3, -0.25) is 4.79 Å². The summed E-state index contributed by atoms with van der Waals surface area (Å²) in [4.78, 5) is 25.5. The predicted octanol–water partition coefficient (Wildman–Crippen LogP) is 2.83. The van der Waals surface area contributed by atoms with Gasteiger partial charge >= 0.3 is 0 Å². The van der Waals surface area contributed by atoms with Gasteiger partial charge in [0.15, 0.2) is 0 Å². The van der Waals surface area contributed by atoms with Crippen molar-refractivity contribution in [2.24, 2.45) is 0 Å². The van der Waals surface area contributed by atoms with E-state index in [1.165, 1.54) is 0 Å². The van der Waals surface area contributed by atoms with Crippen molar-refractivity contribution in [3.63, 3.8) is 0 Å². The Morgan fingerprint density at radius 2 is 2.18 bits per heavy atom. The standard InChI is InChI=1S/C17H18N4O/c1-11-9-18-16(19-11)13-6-7-21(10-13)17(22)15-8-12-4-2-3-5-14(12)20-15/h2-5,8-9,13,20H,6-7,10H2,1H3,(H,18,19)/t13-/m0/s1. The van der Waals surface area contributed by atoms with Crippen LogP contribution in [0.1, 0.15) is 34.3 Å². The van der Waals surface area contributed by atoms with Gasteiger partial charge in [0.2, 0.25) is 0 Å². The van der Waals surface area contributed by atoms with Crippen molar-refractivity contribution in [1.82, 2.24) is 19.9 Å². The SMILES string of the molecule is Cc1cnc([C@H]2CCN(C(=O)c3cc4ccccc4[nH]3)C2)[nH]1. The normalized spacial score (nSPS) is 18.2. The Bertz CT molecular complexity index is 799. The number of carbonyl (C=O) groups is 1. The number of aromatic amines is 2. The monoisotopic (exact) mass is 294 g/mol. The van der Waals surface area contributed by atoms with Gasteiger partial charge in [0, 0.05) is 41.8 Å². The van der Waals surface area contributed by atoms with Crippen LogP contribution in [0, 0.1) is 6.92 Å². The van der Waals surface area contributed by atoms with E-state index in [0.717, 1.165) is 41.9 Å². The summed E-state index contributed by atoms with van der Waals surface area (Å²) in [5.41, 5.74) is 2.73. The molecule has 112 valence electrons. The van der Waals surface area contributed by atoms with Crippen LogP contribution in [0.25, 0.3) is 10.9 Å². The van der Waals surface area contributed by atoms with Gasteiger partial charge in [0.1, 0.15) is 11.5 Å². The number of fused-ring (bicyclic) bond motifs is 1. The molecule has 0 spiro atoms. The number of benzene rings is 1. The molecule has 0 saturated carbocycles. The first-order valence-electron chi connectivity index (χ1n) is 7.59. The molecule has 22 heavy (non-hydrogen) atoms. The minimum absolute atomic E-state index is 0.0713. The summed E-state index contributed by atoms with van der Waals surface area (Å²) in [6.45, 7) is 3.50. The lowest BCUT2D eigenvalue weighted by molar-refractivity contribution is 0.0785. The summed E-state index contributed by atoms with van der Waals surface area (Å²) in [5.74, 6) is 1.37. The lowest BCUT2D eigenvalue weighted by Crippen LogP contribution is -2.28. The first-order valence-corrected chi connectivity index (χ1v) is 7.59. The fourth-order valence-electron chi connectivity index (χ4n) is 3.17. The minimum Gasteiger partial charge on any atom is -0.351 e. The number of amides is 1. The average Bonchev–Trinajstić information content (AvgIpc) is 3.24. The van der Waals surface area contributed by atoms with Gasteiger partial charge in [0.25, 0.3) is 5.91 Å². The third kappa shape index (κ3) is 2.19. The van der Waals surface area contributed by atoms with E-state index in [0.29, 0.717) is 11.6 Å². The molecule has 0 aliphatic carbocycles. The highest BCUT2D eigenvalue weighted by atomic mass is 16.2. The third-order valence-electron chi connectivity index (χ3n) is 4.35. The first kappa shape index (κ1) is 13.1. The largest absolute Gasteiger partial charge is 0.351 e. The van der Waals surface area contributed by atoms with Gasteiger partial charge in [-0.2, -0.15) is 0 Å². The Kier molecular flexibility index (Phi) is 2.99. The second-order valence-corrected chi connectivity index (χ2v) is 5.96. The molecule has 0 radical (unpaired) electrons. The zero-order valence-corrected chi connectivity index (χ0v) is 12.5. The first-order chi connectivity index (χ1) is 10.7. The summed E-state index contributed by atoms with van der Waals surface area (Å²) in [7, 11) is 0. The number of imidazole rings is 1. The Balaban J connectivity index is 1.53. The van der Waals surface area contributed by atoms with Crippen LogP contribution in [0.5, 0.6) is 0 Å². The molecule has 0 bridgehead atoms. The van der Waals surface area contributed by atoms with Crippen LogP contribution in [-0.2, 0) is 0 Å². The smallest absolute Gasteiger partial charge is 0.270 e. The number of carbonyl (C=O) groups excluding carboxylic acids is 1. The number of para-hydroxylation sites is 1. The quantitative estimate of drug-likeness (QED) is 0.763. The van der Waals surface area contributed by atoms with Crippen molar-refractivity contribution in [2.45, 2.75) is 19.3 Å². The molecule has 1 aliphatic rings. The van der Waals surface area contributed by atoms with E-state index >= 15 is 0 Å². The van der Waals surface area contributed by atoms with Crippen LogP contribution in [0.3, 0.4) is 0 Å². The van der Waals surface area contributed by atoms with E-state index in [9.17, 15) is 4.79 Å². The van der Waals surface area contributed by atoms with Gasteiger partial charge in [-0.05, 0) is 25.5 Å². The fourth-order valence-corrected chi connectivity index (χ4v) is 3.17. The van der Waals surface area contributed by atoms with Crippen molar-refractivity contribution < 1.29 is 4.79 Å². The van der Waals surface area contributed by atoms with Crippen LogP contribution >= 0.6 is 0 Å². The molecule has 1 aliphatic heterocycles. The summed E-state index contributed by atoms with van der Waals surface area (Å²) in [6, 6.07) is 9.89. The Labute approximate surface area is 128 Å². The van der Waals surface area contributed by atoms with Gasteiger partial charge < -0.3 is 14.9 Å². The second-order valence-electron chi connectivity index (χ2n) is 5.96. The zero-order chi connectivity index (χ0) is 15.1. The molecule has 1 amide bonds. The number of H-pyrrole nitrogens is 2. The van der Waals surface area contributed by atoms with Gasteiger partial charge in [-0.15, -0.1) is 0 Å². The van der Waals surface area contributed by atoms with Crippen LogP contribution in [-0.4, -0.2) is 38.8 Å². The molecule has 1 saturated heterocycles. The number of aryl methyl sites for hydroxylation is 1. The van der Waals surface area contributed by atoms with Crippen molar-refractivity contribution in [3.05, 3.63) is 53.7 Å². The van der Waals surface area contributed by atoms with Gasteiger partial charge in [0.05, 0.1) is 0 Å². The summed E-state index contributed by atoms with van der Waals surface area (Å²) in [6.07, 6.45) is 2.80. The molecule has 1 aromatic carbocycles. The molecular weight excluding hydrogens is 276 g/mol. The topological polar surface area (TPSA) is 64.8 Å².